The molecule has 0 spiro atoms. The van der Waals surface area contributed by atoms with E-state index in [0.717, 1.165) is 17.3 Å². The van der Waals surface area contributed by atoms with Gasteiger partial charge in [-0.1, -0.05) is 49.7 Å². The molecule has 0 saturated heterocycles. The normalized spacial score (nSPS) is 14.2. The Morgan fingerprint density at radius 2 is 1.95 bits per heavy atom. The van der Waals surface area contributed by atoms with E-state index in [1.54, 1.807) is 0 Å². The largest absolute Gasteiger partial charge is 0.337 e. The Labute approximate surface area is 123 Å². The maximum atomic E-state index is 6.11. The highest BCUT2D eigenvalue weighted by Gasteiger charge is 2.20. The van der Waals surface area contributed by atoms with E-state index in [2.05, 4.69) is 29.0 Å². The van der Waals surface area contributed by atoms with Crippen molar-refractivity contribution >= 4 is 10.9 Å². The topological polar surface area (TPSA) is 77.8 Å². The first kappa shape index (κ1) is 13.7. The summed E-state index contributed by atoms with van der Waals surface area (Å²) in [5, 5.41) is 5.09. The van der Waals surface area contributed by atoms with Crippen molar-refractivity contribution in [3.63, 3.8) is 0 Å². The van der Waals surface area contributed by atoms with E-state index in [4.69, 9.17) is 10.3 Å². The molecule has 2 N–H and O–H groups in total. The van der Waals surface area contributed by atoms with Gasteiger partial charge in [0.1, 0.15) is 5.69 Å². The highest BCUT2D eigenvalue weighted by molar-refractivity contribution is 5.80. The van der Waals surface area contributed by atoms with Gasteiger partial charge in [0, 0.05) is 5.39 Å². The van der Waals surface area contributed by atoms with Crippen molar-refractivity contribution in [3.8, 4) is 11.5 Å². The highest BCUT2D eigenvalue weighted by Crippen LogP contribution is 2.23. The molecule has 0 radical (unpaired) electrons. The number of benzene rings is 1. The predicted octanol–water partition coefficient (Wildman–Crippen LogP) is 3.33. The number of fused-ring (bicyclic) bond motifs is 1. The van der Waals surface area contributed by atoms with E-state index in [9.17, 15) is 0 Å². The second-order valence-electron chi connectivity index (χ2n) is 5.26. The average molecular weight is 282 g/mol. The first-order chi connectivity index (χ1) is 10.2. The van der Waals surface area contributed by atoms with Crippen LogP contribution in [0.3, 0.4) is 0 Å². The number of aromatic nitrogens is 3. The minimum atomic E-state index is -0.239. The lowest BCUT2D eigenvalue weighted by Gasteiger charge is -2.12. The van der Waals surface area contributed by atoms with Gasteiger partial charge in [0.25, 0.3) is 0 Å². The zero-order valence-corrected chi connectivity index (χ0v) is 12.2. The molecule has 5 heteroatoms. The Hall–Kier alpha value is -2.27. The third-order valence-electron chi connectivity index (χ3n) is 3.81. The minimum Gasteiger partial charge on any atom is -0.337 e. The molecule has 1 aromatic carbocycles. The molecule has 2 heterocycles. The lowest BCUT2D eigenvalue weighted by molar-refractivity contribution is 0.312. The summed E-state index contributed by atoms with van der Waals surface area (Å²) in [6.07, 6.45) is 0.965. The fourth-order valence-corrected chi connectivity index (χ4v) is 2.16. The Morgan fingerprint density at radius 3 is 2.76 bits per heavy atom. The Morgan fingerprint density at radius 1 is 1.14 bits per heavy atom. The maximum Gasteiger partial charge on any atom is 0.244 e. The monoisotopic (exact) mass is 282 g/mol. The van der Waals surface area contributed by atoms with E-state index in [-0.39, 0.29) is 6.04 Å². The molecule has 0 saturated carbocycles. The van der Waals surface area contributed by atoms with Crippen LogP contribution in [0.5, 0.6) is 0 Å². The predicted molar refractivity (Wildman–Crippen MR) is 81.4 cm³/mol. The zero-order valence-electron chi connectivity index (χ0n) is 12.2. The molecule has 3 aromatic rings. The molecule has 0 aliphatic rings. The Kier molecular flexibility index (Phi) is 3.66. The molecule has 0 fully saturated rings. The summed E-state index contributed by atoms with van der Waals surface area (Å²) >= 11 is 0. The molecule has 5 nitrogen and oxygen atoms in total. The van der Waals surface area contributed by atoms with Gasteiger partial charge in [-0.3, -0.25) is 0 Å². The van der Waals surface area contributed by atoms with Crippen molar-refractivity contribution in [1.82, 2.24) is 15.1 Å². The van der Waals surface area contributed by atoms with E-state index < -0.39 is 0 Å². The average Bonchev–Trinajstić information content (AvgIpc) is 3.02. The highest BCUT2D eigenvalue weighted by atomic mass is 16.5. The van der Waals surface area contributed by atoms with E-state index in [1.165, 1.54) is 0 Å². The second-order valence-corrected chi connectivity index (χ2v) is 5.26. The van der Waals surface area contributed by atoms with Gasteiger partial charge in [0.05, 0.1) is 11.6 Å². The van der Waals surface area contributed by atoms with Crippen LogP contribution in [0, 0.1) is 5.92 Å². The van der Waals surface area contributed by atoms with Crippen molar-refractivity contribution in [1.29, 1.82) is 0 Å². The third kappa shape index (κ3) is 2.64. The Bertz CT molecular complexity index is 753. The summed E-state index contributed by atoms with van der Waals surface area (Å²) in [6.45, 7) is 4.16. The maximum absolute atomic E-state index is 6.11. The minimum absolute atomic E-state index is 0.239. The number of hydrogen-bond donors (Lipinski definition) is 1. The van der Waals surface area contributed by atoms with Crippen molar-refractivity contribution in [2.45, 2.75) is 26.3 Å². The van der Waals surface area contributed by atoms with Crippen molar-refractivity contribution in [3.05, 3.63) is 42.3 Å². The fourth-order valence-electron chi connectivity index (χ4n) is 2.16. The number of pyridine rings is 1. The first-order valence-corrected chi connectivity index (χ1v) is 7.14. The third-order valence-corrected chi connectivity index (χ3v) is 3.81. The molecule has 21 heavy (non-hydrogen) atoms. The van der Waals surface area contributed by atoms with Gasteiger partial charge in [0.2, 0.25) is 11.7 Å². The summed E-state index contributed by atoms with van der Waals surface area (Å²) in [4.78, 5) is 8.95. The van der Waals surface area contributed by atoms with Gasteiger partial charge < -0.3 is 10.3 Å². The van der Waals surface area contributed by atoms with Crippen LogP contribution in [0.25, 0.3) is 22.4 Å². The number of nitrogens with zero attached hydrogens (tertiary/aromatic N) is 3. The molecule has 0 aliphatic carbocycles. The van der Waals surface area contributed by atoms with E-state index >= 15 is 0 Å². The smallest absolute Gasteiger partial charge is 0.244 e. The summed E-state index contributed by atoms with van der Waals surface area (Å²) in [7, 11) is 0. The molecule has 1 unspecified atom stereocenters. The van der Waals surface area contributed by atoms with Crippen LogP contribution >= 0.6 is 0 Å². The summed E-state index contributed by atoms with van der Waals surface area (Å²) in [5.41, 5.74) is 7.72. The first-order valence-electron chi connectivity index (χ1n) is 7.14. The van der Waals surface area contributed by atoms with Crippen LogP contribution < -0.4 is 5.73 Å². The molecule has 0 aliphatic heterocycles. The molecular weight excluding hydrogens is 264 g/mol. The van der Waals surface area contributed by atoms with Crippen LogP contribution in [-0.2, 0) is 0 Å². The SMILES string of the molecule is CCC(C)[C@H](N)c1nc(-c2ccc3ccccc3n2)no1. The lowest BCUT2D eigenvalue weighted by atomic mass is 10.0. The number of rotatable bonds is 4. The number of hydrogen-bond acceptors (Lipinski definition) is 5. The Balaban J connectivity index is 1.94. The van der Waals surface area contributed by atoms with Gasteiger partial charge >= 0.3 is 0 Å². The van der Waals surface area contributed by atoms with Gasteiger partial charge in [-0.25, -0.2) is 4.98 Å². The van der Waals surface area contributed by atoms with E-state index in [1.807, 2.05) is 36.4 Å². The van der Waals surface area contributed by atoms with Gasteiger partial charge in [-0.05, 0) is 18.1 Å². The lowest BCUT2D eigenvalue weighted by Crippen LogP contribution is -2.18. The quantitative estimate of drug-likeness (QED) is 0.794. The van der Waals surface area contributed by atoms with Crippen LogP contribution in [0.2, 0.25) is 0 Å². The van der Waals surface area contributed by atoms with Crippen molar-refractivity contribution in [2.24, 2.45) is 11.7 Å². The van der Waals surface area contributed by atoms with Crippen LogP contribution in [0.4, 0.5) is 0 Å². The van der Waals surface area contributed by atoms with Crippen molar-refractivity contribution < 1.29 is 4.52 Å². The molecule has 108 valence electrons. The fraction of sp³-hybridized carbons (Fsp3) is 0.312. The van der Waals surface area contributed by atoms with Crippen molar-refractivity contribution in [2.75, 3.05) is 0 Å². The zero-order chi connectivity index (χ0) is 14.8. The summed E-state index contributed by atoms with van der Waals surface area (Å²) in [6, 6.07) is 11.6. The summed E-state index contributed by atoms with van der Waals surface area (Å²) < 4.78 is 5.29. The summed E-state index contributed by atoms with van der Waals surface area (Å²) in [5.74, 6) is 1.24. The van der Waals surface area contributed by atoms with Crippen LogP contribution in [-0.4, -0.2) is 15.1 Å². The molecule has 0 bridgehead atoms. The molecule has 2 atom stereocenters. The molecule has 3 rings (SSSR count). The van der Waals surface area contributed by atoms with Gasteiger partial charge in [-0.15, -0.1) is 0 Å². The van der Waals surface area contributed by atoms with Gasteiger partial charge in [0.15, 0.2) is 0 Å². The molecular formula is C16H18N4O. The second kappa shape index (κ2) is 5.61. The number of nitrogens with two attached hydrogens (primary N) is 1. The number of para-hydroxylation sites is 1. The molecule has 0 amide bonds. The van der Waals surface area contributed by atoms with Crippen LogP contribution in [0.1, 0.15) is 32.2 Å². The molecule has 2 aromatic heterocycles. The van der Waals surface area contributed by atoms with E-state index in [0.29, 0.717) is 23.3 Å². The standard InChI is InChI=1S/C16H18N4O/c1-3-10(2)14(17)16-19-15(20-21-16)13-9-8-11-6-4-5-7-12(11)18-13/h4-10,14H,3,17H2,1-2H3/t10?,14-/m0/s1. The van der Waals surface area contributed by atoms with Gasteiger partial charge in [-0.2, -0.15) is 4.98 Å². The van der Waals surface area contributed by atoms with Crippen LogP contribution in [0.15, 0.2) is 40.9 Å².